The van der Waals surface area contributed by atoms with Crippen molar-refractivity contribution in [3.63, 3.8) is 0 Å². The molecule has 1 heterocycles. The highest BCUT2D eigenvalue weighted by Crippen LogP contribution is 2.23. The Morgan fingerprint density at radius 2 is 2.15 bits per heavy atom. The molecule has 2 N–H and O–H groups in total. The molecule has 1 fully saturated rings. The molecule has 0 aromatic heterocycles. The molecular weight excluding hydrogens is 257 g/mol. The number of aliphatic hydroxyl groups is 2. The van der Waals surface area contributed by atoms with Crippen LogP contribution in [0.1, 0.15) is 44.3 Å². The number of hydrogen-bond donors (Lipinski definition) is 2. The fourth-order valence-electron chi connectivity index (χ4n) is 2.73. The zero-order chi connectivity index (χ0) is 14.6. The lowest BCUT2D eigenvalue weighted by Crippen LogP contribution is -2.29. The van der Waals surface area contributed by atoms with Gasteiger partial charge in [-0.2, -0.15) is 0 Å². The van der Waals surface area contributed by atoms with Crippen molar-refractivity contribution in [2.24, 2.45) is 0 Å². The summed E-state index contributed by atoms with van der Waals surface area (Å²) in [5.74, 6) is -0.313. The molecule has 0 aliphatic carbocycles. The smallest absolute Gasteiger partial charge is 0.123 e. The molecule has 0 bridgehead atoms. The Morgan fingerprint density at radius 1 is 1.35 bits per heavy atom. The molecule has 1 aromatic carbocycles. The van der Waals surface area contributed by atoms with Crippen LogP contribution >= 0.6 is 0 Å². The van der Waals surface area contributed by atoms with Crippen molar-refractivity contribution in [2.45, 2.75) is 44.3 Å². The number of likely N-dealkylation sites (tertiary alicyclic amines) is 1. The summed E-state index contributed by atoms with van der Waals surface area (Å²) in [6.45, 7) is 4.46. The van der Waals surface area contributed by atoms with Crippen molar-refractivity contribution in [1.29, 1.82) is 0 Å². The molecule has 4 heteroatoms. The van der Waals surface area contributed by atoms with Crippen molar-refractivity contribution in [2.75, 3.05) is 19.6 Å². The number of aliphatic hydroxyl groups excluding tert-OH is 1. The van der Waals surface area contributed by atoms with Crippen LogP contribution in [0.2, 0.25) is 0 Å². The third-order valence-electron chi connectivity index (χ3n) is 4.11. The van der Waals surface area contributed by atoms with E-state index in [2.05, 4.69) is 4.90 Å². The summed E-state index contributed by atoms with van der Waals surface area (Å²) in [7, 11) is 0. The Labute approximate surface area is 120 Å². The van der Waals surface area contributed by atoms with E-state index in [1.165, 1.54) is 12.1 Å². The van der Waals surface area contributed by atoms with E-state index in [0.29, 0.717) is 12.0 Å². The van der Waals surface area contributed by atoms with Gasteiger partial charge in [0.05, 0.1) is 11.7 Å². The zero-order valence-corrected chi connectivity index (χ0v) is 12.1. The first-order valence-corrected chi connectivity index (χ1v) is 7.34. The van der Waals surface area contributed by atoms with Gasteiger partial charge in [0.15, 0.2) is 0 Å². The summed E-state index contributed by atoms with van der Waals surface area (Å²) in [5, 5.41) is 20.1. The zero-order valence-electron chi connectivity index (χ0n) is 12.1. The quantitative estimate of drug-likeness (QED) is 0.891. The summed E-state index contributed by atoms with van der Waals surface area (Å²) >= 11 is 0. The van der Waals surface area contributed by atoms with Gasteiger partial charge in [0.1, 0.15) is 5.82 Å². The molecule has 0 radical (unpaired) electrons. The molecule has 1 aromatic rings. The highest BCUT2D eigenvalue weighted by atomic mass is 19.1. The number of hydrogen-bond acceptors (Lipinski definition) is 3. The third-order valence-corrected chi connectivity index (χ3v) is 4.11. The van der Waals surface area contributed by atoms with Crippen LogP contribution in [-0.4, -0.2) is 40.3 Å². The Bertz CT molecular complexity index is 436. The average molecular weight is 281 g/mol. The molecule has 1 aliphatic heterocycles. The molecular formula is C16H24FNO2. The number of nitrogens with zero attached hydrogens (tertiary/aromatic N) is 1. The fraction of sp³-hybridized carbons (Fsp3) is 0.625. The Morgan fingerprint density at radius 3 is 2.90 bits per heavy atom. The first-order valence-electron chi connectivity index (χ1n) is 7.34. The molecule has 2 unspecified atom stereocenters. The lowest BCUT2D eigenvalue weighted by molar-refractivity contribution is 0.0441. The van der Waals surface area contributed by atoms with Gasteiger partial charge in [0.2, 0.25) is 0 Å². The molecule has 1 aliphatic rings. The van der Waals surface area contributed by atoms with E-state index in [0.717, 1.165) is 38.9 Å². The maximum Gasteiger partial charge on any atom is 0.123 e. The van der Waals surface area contributed by atoms with Crippen LogP contribution in [0.25, 0.3) is 0 Å². The van der Waals surface area contributed by atoms with Crippen LogP contribution in [0.5, 0.6) is 0 Å². The van der Waals surface area contributed by atoms with Gasteiger partial charge >= 0.3 is 0 Å². The SMILES string of the molecule is CC1(O)CCCN(CCC(O)c2cccc(F)c2)CC1. The molecule has 0 spiro atoms. The van der Waals surface area contributed by atoms with Crippen LogP contribution in [-0.2, 0) is 0 Å². The lowest BCUT2D eigenvalue weighted by Gasteiger charge is -2.23. The largest absolute Gasteiger partial charge is 0.390 e. The topological polar surface area (TPSA) is 43.7 Å². The maximum atomic E-state index is 13.1. The minimum absolute atomic E-state index is 0.313. The van der Waals surface area contributed by atoms with Crippen LogP contribution in [0.4, 0.5) is 4.39 Å². The van der Waals surface area contributed by atoms with Gasteiger partial charge in [-0.15, -0.1) is 0 Å². The van der Waals surface area contributed by atoms with E-state index in [-0.39, 0.29) is 5.82 Å². The molecule has 0 saturated carbocycles. The minimum atomic E-state index is -0.630. The number of rotatable bonds is 4. The van der Waals surface area contributed by atoms with E-state index < -0.39 is 11.7 Å². The van der Waals surface area contributed by atoms with Crippen LogP contribution in [0, 0.1) is 5.82 Å². The molecule has 2 rings (SSSR count). The van der Waals surface area contributed by atoms with Gasteiger partial charge in [0.25, 0.3) is 0 Å². The van der Waals surface area contributed by atoms with Gasteiger partial charge < -0.3 is 15.1 Å². The van der Waals surface area contributed by atoms with E-state index in [1.54, 1.807) is 12.1 Å². The van der Waals surface area contributed by atoms with Crippen LogP contribution in [0.15, 0.2) is 24.3 Å². The summed E-state index contributed by atoms with van der Waals surface area (Å²) in [5.41, 5.74) is 0.0717. The van der Waals surface area contributed by atoms with E-state index >= 15 is 0 Å². The second-order valence-corrected chi connectivity index (χ2v) is 6.05. The van der Waals surface area contributed by atoms with E-state index in [4.69, 9.17) is 0 Å². The molecule has 20 heavy (non-hydrogen) atoms. The highest BCUT2D eigenvalue weighted by molar-refractivity contribution is 5.18. The Kier molecular flexibility index (Phi) is 5.13. The average Bonchev–Trinajstić information content (AvgIpc) is 2.57. The van der Waals surface area contributed by atoms with Gasteiger partial charge in [-0.1, -0.05) is 12.1 Å². The summed E-state index contributed by atoms with van der Waals surface area (Å²) < 4.78 is 13.1. The van der Waals surface area contributed by atoms with Gasteiger partial charge in [-0.05, 0) is 56.8 Å². The third kappa shape index (κ3) is 4.54. The van der Waals surface area contributed by atoms with Crippen LogP contribution < -0.4 is 0 Å². The van der Waals surface area contributed by atoms with Gasteiger partial charge in [-0.3, -0.25) is 0 Å². The van der Waals surface area contributed by atoms with E-state index in [9.17, 15) is 14.6 Å². The monoisotopic (exact) mass is 281 g/mol. The van der Waals surface area contributed by atoms with Crippen molar-refractivity contribution < 1.29 is 14.6 Å². The Balaban J connectivity index is 1.83. The standard InChI is InChI=1S/C16H24FNO2/c1-16(20)7-3-9-18(11-8-16)10-6-15(19)13-4-2-5-14(17)12-13/h2,4-5,12,15,19-20H,3,6-11H2,1H3. The van der Waals surface area contributed by atoms with Crippen molar-refractivity contribution in [3.8, 4) is 0 Å². The van der Waals surface area contributed by atoms with Gasteiger partial charge in [0, 0.05) is 13.1 Å². The van der Waals surface area contributed by atoms with Crippen molar-refractivity contribution in [1.82, 2.24) is 4.90 Å². The normalized spacial score (nSPS) is 26.2. The van der Waals surface area contributed by atoms with Crippen molar-refractivity contribution >= 4 is 0 Å². The number of halogens is 1. The summed E-state index contributed by atoms with van der Waals surface area (Å²) in [6, 6.07) is 6.14. The predicted molar refractivity (Wildman–Crippen MR) is 76.9 cm³/mol. The first kappa shape index (κ1) is 15.4. The highest BCUT2D eigenvalue weighted by Gasteiger charge is 2.25. The molecule has 1 saturated heterocycles. The second-order valence-electron chi connectivity index (χ2n) is 6.05. The molecule has 112 valence electrons. The van der Waals surface area contributed by atoms with Gasteiger partial charge in [-0.25, -0.2) is 4.39 Å². The first-order chi connectivity index (χ1) is 9.46. The maximum absolute atomic E-state index is 13.1. The fourth-order valence-corrected chi connectivity index (χ4v) is 2.73. The lowest BCUT2D eigenvalue weighted by atomic mass is 9.98. The predicted octanol–water partition coefficient (Wildman–Crippen LogP) is 2.49. The molecule has 3 nitrogen and oxygen atoms in total. The second kappa shape index (κ2) is 6.66. The minimum Gasteiger partial charge on any atom is -0.390 e. The summed E-state index contributed by atoms with van der Waals surface area (Å²) in [4.78, 5) is 2.27. The van der Waals surface area contributed by atoms with Crippen molar-refractivity contribution in [3.05, 3.63) is 35.6 Å². The van der Waals surface area contributed by atoms with E-state index in [1.807, 2.05) is 6.92 Å². The van der Waals surface area contributed by atoms with Crippen LogP contribution in [0.3, 0.4) is 0 Å². The Hall–Kier alpha value is -0.970. The molecule has 0 amide bonds. The molecule has 2 atom stereocenters. The summed E-state index contributed by atoms with van der Waals surface area (Å²) in [6.07, 6.45) is 2.53. The number of benzene rings is 1.